The van der Waals surface area contributed by atoms with Gasteiger partial charge in [0.1, 0.15) is 36.1 Å². The molecule has 0 aliphatic heterocycles. The van der Waals surface area contributed by atoms with Gasteiger partial charge < -0.3 is 54.0 Å². The van der Waals surface area contributed by atoms with Gasteiger partial charge in [0.15, 0.2) is 11.7 Å². The summed E-state index contributed by atoms with van der Waals surface area (Å²) in [6, 6.07) is 9.01. The van der Waals surface area contributed by atoms with Crippen molar-refractivity contribution >= 4 is 29.7 Å². The Hall–Kier alpha value is -3.67. The van der Waals surface area contributed by atoms with Crippen LogP contribution in [0.25, 0.3) is 0 Å². The smallest absolute Gasteiger partial charge is 0.338 e. The molecule has 0 aromatic heterocycles. The van der Waals surface area contributed by atoms with Gasteiger partial charge in [0.25, 0.3) is 0 Å². The van der Waals surface area contributed by atoms with E-state index in [2.05, 4.69) is 10.6 Å². The fourth-order valence-corrected chi connectivity index (χ4v) is 4.78. The van der Waals surface area contributed by atoms with Gasteiger partial charge >= 0.3 is 17.9 Å². The molecule has 0 radical (unpaired) electrons. The minimum absolute atomic E-state index is 0.00810. The molecule has 4 N–H and O–H groups in total. The summed E-state index contributed by atoms with van der Waals surface area (Å²) >= 11 is 0. The lowest BCUT2D eigenvalue weighted by atomic mass is 9.91. The zero-order valence-electron chi connectivity index (χ0n) is 36.3. The molecule has 7 atom stereocenters. The molecule has 1 aromatic rings. The van der Waals surface area contributed by atoms with Crippen molar-refractivity contribution in [1.82, 2.24) is 10.6 Å². The van der Waals surface area contributed by atoms with E-state index >= 15 is 0 Å². The first-order chi connectivity index (χ1) is 27.3. The second-order valence-electron chi connectivity index (χ2n) is 15.8. The van der Waals surface area contributed by atoms with E-state index in [1.54, 1.807) is 45.0 Å². The van der Waals surface area contributed by atoms with Crippen molar-refractivity contribution in [1.29, 1.82) is 0 Å². The first-order valence-electron chi connectivity index (χ1n) is 20.1. The maximum Gasteiger partial charge on any atom is 0.338 e. The highest BCUT2D eigenvalue weighted by Crippen LogP contribution is 2.29. The Kier molecular flexibility index (Phi) is 23.2. The Balaban J connectivity index is 3.21. The van der Waals surface area contributed by atoms with Crippen LogP contribution in [0.3, 0.4) is 0 Å². The number of ether oxygens (including phenoxy) is 7. The SMILES string of the molecule is CCC(C)OCC(C)(COC(=O)C(C)(CC)OCC(C)(COC(C)C(=O)OCC(C)(CO[C@H](C)CC)C(=O)NCCO)C(=O)OCc1ccccc1)C(=O)NCCO. The van der Waals surface area contributed by atoms with Crippen LogP contribution in [0.4, 0.5) is 0 Å². The Morgan fingerprint density at radius 3 is 1.57 bits per heavy atom. The summed E-state index contributed by atoms with van der Waals surface area (Å²) in [5.41, 5.74) is -5.00. The Morgan fingerprint density at radius 2 is 1.10 bits per heavy atom. The number of benzene rings is 1. The number of aliphatic hydroxyl groups is 2. The topological polar surface area (TPSA) is 214 Å². The number of carbonyl (C=O) groups is 5. The molecule has 6 unspecified atom stereocenters. The maximum atomic E-state index is 13.8. The second kappa shape index (κ2) is 25.7. The maximum absolute atomic E-state index is 13.8. The van der Waals surface area contributed by atoms with Crippen molar-refractivity contribution in [3.8, 4) is 0 Å². The van der Waals surface area contributed by atoms with Crippen LogP contribution in [0, 0.1) is 16.2 Å². The van der Waals surface area contributed by atoms with Gasteiger partial charge in [-0.1, -0.05) is 51.1 Å². The molecule has 0 fully saturated rings. The molecule has 0 spiro atoms. The minimum Gasteiger partial charge on any atom is -0.463 e. The van der Waals surface area contributed by atoms with Crippen LogP contribution in [0.1, 0.15) is 94.1 Å². The molecule has 58 heavy (non-hydrogen) atoms. The number of hydrogen-bond donors (Lipinski definition) is 4. The molecule has 0 saturated heterocycles. The number of amides is 2. The number of esters is 3. The molecule has 1 aromatic carbocycles. The van der Waals surface area contributed by atoms with E-state index in [1.807, 2.05) is 33.8 Å². The lowest BCUT2D eigenvalue weighted by molar-refractivity contribution is -0.191. The largest absolute Gasteiger partial charge is 0.463 e. The first kappa shape index (κ1) is 52.3. The number of aliphatic hydroxyl groups excluding tert-OH is 2. The zero-order valence-corrected chi connectivity index (χ0v) is 36.3. The van der Waals surface area contributed by atoms with Gasteiger partial charge in [-0.3, -0.25) is 14.4 Å². The summed E-state index contributed by atoms with van der Waals surface area (Å²) in [6.07, 6.45) is -0.00654. The predicted octanol–water partition coefficient (Wildman–Crippen LogP) is 3.27. The van der Waals surface area contributed by atoms with Crippen LogP contribution in [0.2, 0.25) is 0 Å². The van der Waals surface area contributed by atoms with Crippen LogP contribution in [0.15, 0.2) is 30.3 Å². The molecule has 2 amide bonds. The van der Waals surface area contributed by atoms with E-state index in [-0.39, 0.29) is 78.0 Å². The summed E-state index contributed by atoms with van der Waals surface area (Å²) in [7, 11) is 0. The fourth-order valence-electron chi connectivity index (χ4n) is 4.78. The monoisotopic (exact) mass is 826 g/mol. The molecule has 16 nitrogen and oxygen atoms in total. The van der Waals surface area contributed by atoms with Gasteiger partial charge in [-0.2, -0.15) is 0 Å². The quantitative estimate of drug-likeness (QED) is 0.0648. The van der Waals surface area contributed by atoms with Gasteiger partial charge in [-0.25, -0.2) is 9.59 Å². The average Bonchev–Trinajstić information content (AvgIpc) is 3.23. The van der Waals surface area contributed by atoms with Crippen molar-refractivity contribution in [2.75, 3.05) is 65.9 Å². The Bertz CT molecular complexity index is 1420. The van der Waals surface area contributed by atoms with Crippen LogP contribution >= 0.6 is 0 Å². The molecule has 0 bridgehead atoms. The molecular formula is C42H70N2O14. The van der Waals surface area contributed by atoms with E-state index < -0.39 is 70.9 Å². The van der Waals surface area contributed by atoms with Crippen molar-refractivity contribution < 1.29 is 67.3 Å². The van der Waals surface area contributed by atoms with E-state index in [9.17, 15) is 34.2 Å². The first-order valence-corrected chi connectivity index (χ1v) is 20.1. The zero-order chi connectivity index (χ0) is 44.0. The van der Waals surface area contributed by atoms with Gasteiger partial charge in [0.2, 0.25) is 11.8 Å². The molecule has 0 saturated carbocycles. The average molecular weight is 827 g/mol. The summed E-state index contributed by atoms with van der Waals surface area (Å²) in [5, 5.41) is 23.7. The van der Waals surface area contributed by atoms with Crippen molar-refractivity contribution in [2.24, 2.45) is 16.2 Å². The Labute approximate surface area is 344 Å². The molecule has 0 aliphatic rings. The van der Waals surface area contributed by atoms with Crippen LogP contribution in [-0.4, -0.2) is 130 Å². The van der Waals surface area contributed by atoms with Crippen LogP contribution in [-0.2, 0) is 63.7 Å². The normalized spacial score (nSPS) is 17.2. The second-order valence-corrected chi connectivity index (χ2v) is 15.8. The fraction of sp³-hybridized carbons (Fsp3) is 0.738. The van der Waals surface area contributed by atoms with E-state index in [1.165, 1.54) is 20.8 Å². The lowest BCUT2D eigenvalue weighted by Gasteiger charge is -2.35. The summed E-state index contributed by atoms with van der Waals surface area (Å²) in [5.74, 6) is -3.26. The number of hydrogen-bond acceptors (Lipinski definition) is 14. The lowest BCUT2D eigenvalue weighted by Crippen LogP contribution is -2.50. The molecular weight excluding hydrogens is 756 g/mol. The van der Waals surface area contributed by atoms with E-state index in [0.29, 0.717) is 12.8 Å². The molecule has 332 valence electrons. The van der Waals surface area contributed by atoms with Crippen LogP contribution in [0.5, 0.6) is 0 Å². The summed E-state index contributed by atoms with van der Waals surface area (Å²) < 4.78 is 40.6. The minimum atomic E-state index is -1.59. The van der Waals surface area contributed by atoms with Gasteiger partial charge in [0.05, 0.1) is 51.8 Å². The van der Waals surface area contributed by atoms with Gasteiger partial charge in [-0.05, 0) is 73.3 Å². The van der Waals surface area contributed by atoms with Crippen molar-refractivity contribution in [3.05, 3.63) is 35.9 Å². The molecule has 16 heteroatoms. The number of carbonyl (C=O) groups excluding carboxylic acids is 5. The number of nitrogens with one attached hydrogen (secondary N) is 2. The third-order valence-corrected chi connectivity index (χ3v) is 9.97. The van der Waals surface area contributed by atoms with Gasteiger partial charge in [0, 0.05) is 13.1 Å². The van der Waals surface area contributed by atoms with E-state index in [4.69, 9.17) is 33.2 Å². The highest BCUT2D eigenvalue weighted by molar-refractivity contribution is 5.84. The van der Waals surface area contributed by atoms with E-state index in [0.717, 1.165) is 5.56 Å². The van der Waals surface area contributed by atoms with Crippen LogP contribution < -0.4 is 10.6 Å². The Morgan fingerprint density at radius 1 is 0.621 bits per heavy atom. The van der Waals surface area contributed by atoms with Gasteiger partial charge in [-0.15, -0.1) is 0 Å². The highest BCUT2D eigenvalue weighted by atomic mass is 16.6. The highest BCUT2D eigenvalue weighted by Gasteiger charge is 2.44. The number of rotatable bonds is 30. The van der Waals surface area contributed by atoms with Crippen molar-refractivity contribution in [2.45, 2.75) is 119 Å². The predicted molar refractivity (Wildman–Crippen MR) is 214 cm³/mol. The molecule has 1 rings (SSSR count). The third-order valence-electron chi connectivity index (χ3n) is 9.97. The van der Waals surface area contributed by atoms with Crippen molar-refractivity contribution in [3.63, 3.8) is 0 Å². The molecule has 0 aliphatic carbocycles. The summed E-state index contributed by atoms with van der Waals surface area (Å²) in [4.78, 5) is 66.7. The summed E-state index contributed by atoms with van der Waals surface area (Å²) in [6.45, 7) is 14.7. The standard InChI is InChI=1S/C42H70N2O14/c1-11-30(4)53-24-39(7,35(48)43-19-21-45)26-56-34(47)32(6)55-28-41(9,37(50)52-23-33-17-15-14-16-18-33)29-58-42(10,13-3)38(51)57-27-40(8,25-54-31(5)12-2)36(49)44-20-22-46/h14-18,30-32,45-46H,11-13,19-29H2,1-10H3,(H,43,48)(H,44,49)/t30-,31?,32?,39?,40?,41?,42?/m1/s1. The molecule has 0 heterocycles. The third kappa shape index (κ3) is 17.3.